The molecule has 1 saturated heterocycles. The quantitative estimate of drug-likeness (QED) is 0.601. The average Bonchev–Trinajstić information content (AvgIpc) is 2.58. The van der Waals surface area contributed by atoms with Crippen LogP contribution >= 0.6 is 11.6 Å². The highest BCUT2D eigenvalue weighted by molar-refractivity contribution is 6.35. The molecule has 1 aromatic rings. The molecule has 0 atom stereocenters. The third kappa shape index (κ3) is 5.13. The Kier molecular flexibility index (Phi) is 6.43. The van der Waals surface area contributed by atoms with E-state index in [4.69, 9.17) is 11.6 Å². The van der Waals surface area contributed by atoms with E-state index in [1.165, 1.54) is 11.8 Å². The minimum Gasteiger partial charge on any atom is -0.368 e. The van der Waals surface area contributed by atoms with E-state index in [0.717, 1.165) is 5.69 Å². The Morgan fingerprint density at radius 2 is 1.75 bits per heavy atom. The molecule has 8 heteroatoms. The van der Waals surface area contributed by atoms with Crippen LogP contribution in [-0.4, -0.2) is 61.9 Å². The number of carbonyl (C=O) groups is 3. The lowest BCUT2D eigenvalue weighted by Gasteiger charge is -2.35. The molecular formula is C16H21ClN4O3. The van der Waals surface area contributed by atoms with Gasteiger partial charge in [0.25, 0.3) is 0 Å². The van der Waals surface area contributed by atoms with Crippen molar-refractivity contribution < 1.29 is 14.4 Å². The fourth-order valence-electron chi connectivity index (χ4n) is 2.47. The average molecular weight is 353 g/mol. The van der Waals surface area contributed by atoms with Gasteiger partial charge in [0.15, 0.2) is 0 Å². The molecule has 24 heavy (non-hydrogen) atoms. The maximum absolute atomic E-state index is 12.1. The predicted octanol–water partition coefficient (Wildman–Crippen LogP) is 0.241. The van der Waals surface area contributed by atoms with E-state index >= 15 is 0 Å². The number of nitrogens with zero attached hydrogens (tertiary/aromatic N) is 2. The number of anilines is 1. The van der Waals surface area contributed by atoms with E-state index in [9.17, 15) is 14.4 Å². The first-order chi connectivity index (χ1) is 11.5. The number of hydrogen-bond donors (Lipinski definition) is 2. The van der Waals surface area contributed by atoms with E-state index in [0.29, 0.717) is 37.7 Å². The number of hydrogen-bond acceptors (Lipinski definition) is 4. The van der Waals surface area contributed by atoms with Crippen molar-refractivity contribution in [2.75, 3.05) is 44.2 Å². The Morgan fingerprint density at radius 1 is 1.08 bits per heavy atom. The zero-order chi connectivity index (χ0) is 17.5. The van der Waals surface area contributed by atoms with Gasteiger partial charge in [-0.3, -0.25) is 14.4 Å². The third-order valence-electron chi connectivity index (χ3n) is 3.72. The van der Waals surface area contributed by atoms with Gasteiger partial charge in [-0.05, 0) is 18.2 Å². The van der Waals surface area contributed by atoms with Crippen LogP contribution < -0.4 is 15.5 Å². The van der Waals surface area contributed by atoms with Gasteiger partial charge in [-0.25, -0.2) is 0 Å². The maximum atomic E-state index is 12.1. The van der Waals surface area contributed by atoms with Crippen LogP contribution in [0.5, 0.6) is 0 Å². The number of halogens is 1. The summed E-state index contributed by atoms with van der Waals surface area (Å²) in [6.07, 6.45) is 0. The van der Waals surface area contributed by atoms with Crippen LogP contribution in [0, 0.1) is 0 Å². The van der Waals surface area contributed by atoms with Crippen molar-refractivity contribution in [2.24, 2.45) is 0 Å². The van der Waals surface area contributed by atoms with Crippen LogP contribution in [0.15, 0.2) is 24.3 Å². The third-order valence-corrected chi connectivity index (χ3v) is 3.95. The monoisotopic (exact) mass is 352 g/mol. The molecule has 0 bridgehead atoms. The molecule has 0 spiro atoms. The highest BCUT2D eigenvalue weighted by Crippen LogP contribution is 2.20. The van der Waals surface area contributed by atoms with Gasteiger partial charge in [-0.2, -0.15) is 0 Å². The van der Waals surface area contributed by atoms with Crippen LogP contribution in [0.3, 0.4) is 0 Å². The minimum atomic E-state index is -0.642. The molecule has 130 valence electrons. The molecule has 7 nitrogen and oxygen atoms in total. The maximum Gasteiger partial charge on any atom is 0.312 e. The Morgan fingerprint density at radius 3 is 2.38 bits per heavy atom. The molecule has 0 unspecified atom stereocenters. The molecule has 0 radical (unpaired) electrons. The van der Waals surface area contributed by atoms with Crippen molar-refractivity contribution in [3.8, 4) is 0 Å². The second-order valence-corrected chi connectivity index (χ2v) is 5.93. The predicted molar refractivity (Wildman–Crippen MR) is 91.9 cm³/mol. The SMILES string of the molecule is CC(=O)NCCNC(=O)C(=O)N1CCN(c2cccc(Cl)c2)CC1. The number of piperazine rings is 1. The lowest BCUT2D eigenvalue weighted by Crippen LogP contribution is -2.53. The smallest absolute Gasteiger partial charge is 0.312 e. The topological polar surface area (TPSA) is 81.8 Å². The molecule has 1 heterocycles. The summed E-state index contributed by atoms with van der Waals surface area (Å²) in [6, 6.07) is 7.56. The van der Waals surface area contributed by atoms with Crippen molar-refractivity contribution >= 4 is 35.0 Å². The Bertz CT molecular complexity index is 615. The minimum absolute atomic E-state index is 0.173. The summed E-state index contributed by atoms with van der Waals surface area (Å²) in [5, 5.41) is 5.73. The van der Waals surface area contributed by atoms with Crippen LogP contribution in [0.25, 0.3) is 0 Å². The van der Waals surface area contributed by atoms with Gasteiger partial charge in [0.1, 0.15) is 0 Å². The zero-order valence-electron chi connectivity index (χ0n) is 13.5. The van der Waals surface area contributed by atoms with Crippen molar-refractivity contribution in [2.45, 2.75) is 6.92 Å². The molecule has 0 saturated carbocycles. The molecule has 0 aromatic heterocycles. The van der Waals surface area contributed by atoms with Gasteiger partial charge in [-0.1, -0.05) is 17.7 Å². The second kappa shape index (κ2) is 8.54. The summed E-state index contributed by atoms with van der Waals surface area (Å²) >= 11 is 5.99. The van der Waals surface area contributed by atoms with E-state index in [-0.39, 0.29) is 12.5 Å². The Labute approximate surface area is 145 Å². The normalized spacial score (nSPS) is 14.2. The van der Waals surface area contributed by atoms with E-state index in [2.05, 4.69) is 15.5 Å². The van der Waals surface area contributed by atoms with Gasteiger partial charge in [-0.15, -0.1) is 0 Å². The van der Waals surface area contributed by atoms with E-state index in [1.54, 1.807) is 0 Å². The number of rotatable bonds is 4. The van der Waals surface area contributed by atoms with Crippen LogP contribution in [0.4, 0.5) is 5.69 Å². The molecule has 2 rings (SSSR count). The van der Waals surface area contributed by atoms with Gasteiger partial charge < -0.3 is 20.4 Å². The van der Waals surface area contributed by atoms with Crippen LogP contribution in [0.2, 0.25) is 5.02 Å². The molecule has 1 aliphatic heterocycles. The standard InChI is InChI=1S/C16H21ClN4O3/c1-12(22)18-5-6-19-15(23)16(24)21-9-7-20(8-10-21)14-4-2-3-13(17)11-14/h2-4,11H,5-10H2,1H3,(H,18,22)(H,19,23). The number of carbonyl (C=O) groups excluding carboxylic acids is 3. The van der Waals surface area contributed by atoms with Crippen molar-refractivity contribution in [3.63, 3.8) is 0 Å². The van der Waals surface area contributed by atoms with Crippen LogP contribution in [-0.2, 0) is 14.4 Å². The molecular weight excluding hydrogens is 332 g/mol. The van der Waals surface area contributed by atoms with E-state index < -0.39 is 11.8 Å². The van der Waals surface area contributed by atoms with Gasteiger partial charge in [0.2, 0.25) is 5.91 Å². The summed E-state index contributed by atoms with van der Waals surface area (Å²) in [4.78, 5) is 38.3. The van der Waals surface area contributed by atoms with Gasteiger partial charge in [0, 0.05) is 56.9 Å². The van der Waals surface area contributed by atoms with Crippen LogP contribution in [0.1, 0.15) is 6.92 Å². The summed E-state index contributed by atoms with van der Waals surface area (Å²) < 4.78 is 0. The van der Waals surface area contributed by atoms with Crippen molar-refractivity contribution in [1.29, 1.82) is 0 Å². The van der Waals surface area contributed by atoms with E-state index in [1.807, 2.05) is 24.3 Å². The number of amides is 3. The first-order valence-corrected chi connectivity index (χ1v) is 8.17. The summed E-state index contributed by atoms with van der Waals surface area (Å²) in [6.45, 7) is 4.17. The summed E-state index contributed by atoms with van der Waals surface area (Å²) in [5.41, 5.74) is 1.01. The molecule has 3 amide bonds. The largest absolute Gasteiger partial charge is 0.368 e. The lowest BCUT2D eigenvalue weighted by molar-refractivity contribution is -0.146. The first kappa shape index (κ1) is 18.1. The summed E-state index contributed by atoms with van der Waals surface area (Å²) in [7, 11) is 0. The highest BCUT2D eigenvalue weighted by atomic mass is 35.5. The van der Waals surface area contributed by atoms with Gasteiger partial charge >= 0.3 is 11.8 Å². The Hall–Kier alpha value is -2.28. The lowest BCUT2D eigenvalue weighted by atomic mass is 10.2. The summed E-state index contributed by atoms with van der Waals surface area (Å²) in [5.74, 6) is -1.35. The Balaban J connectivity index is 1.77. The molecule has 1 aromatic carbocycles. The molecule has 2 N–H and O–H groups in total. The molecule has 1 aliphatic rings. The first-order valence-electron chi connectivity index (χ1n) is 7.79. The van der Waals surface area contributed by atoms with Crippen molar-refractivity contribution in [3.05, 3.63) is 29.3 Å². The van der Waals surface area contributed by atoms with Crippen molar-refractivity contribution in [1.82, 2.24) is 15.5 Å². The highest BCUT2D eigenvalue weighted by Gasteiger charge is 2.25. The molecule has 0 aliphatic carbocycles. The molecule has 1 fully saturated rings. The zero-order valence-corrected chi connectivity index (χ0v) is 14.3. The van der Waals surface area contributed by atoms with Gasteiger partial charge in [0.05, 0.1) is 0 Å². The number of benzene rings is 1. The number of nitrogens with one attached hydrogen (secondary N) is 2. The fraction of sp³-hybridized carbons (Fsp3) is 0.438. The second-order valence-electron chi connectivity index (χ2n) is 5.50. The fourth-order valence-corrected chi connectivity index (χ4v) is 2.66.